The zero-order valence-corrected chi connectivity index (χ0v) is 12.1. The Balaban J connectivity index is 2.19. The Hall–Kier alpha value is -1.06. The standard InChI is InChI=1S/C14H12BrClFN/c1-9(11-4-2-3-5-13(11)16)18-10-6-7-14(17)12(15)8-10/h2-9,18H,1H3. The zero-order valence-electron chi connectivity index (χ0n) is 9.75. The Labute approximate surface area is 119 Å². The third-order valence-electron chi connectivity index (χ3n) is 2.67. The van der Waals surface area contributed by atoms with Crippen LogP contribution in [0.2, 0.25) is 5.02 Å². The summed E-state index contributed by atoms with van der Waals surface area (Å²) in [5.41, 5.74) is 1.86. The van der Waals surface area contributed by atoms with E-state index in [1.165, 1.54) is 6.07 Å². The molecule has 1 nitrogen and oxygen atoms in total. The van der Waals surface area contributed by atoms with Crippen LogP contribution in [-0.4, -0.2) is 0 Å². The Morgan fingerprint density at radius 2 is 1.94 bits per heavy atom. The molecule has 0 fully saturated rings. The molecule has 4 heteroatoms. The summed E-state index contributed by atoms with van der Waals surface area (Å²) < 4.78 is 13.6. The second-order valence-corrected chi connectivity index (χ2v) is 5.28. The van der Waals surface area contributed by atoms with Crippen LogP contribution in [0, 0.1) is 5.82 Å². The van der Waals surface area contributed by atoms with Gasteiger partial charge in [0.05, 0.1) is 4.47 Å². The maximum atomic E-state index is 13.1. The molecule has 18 heavy (non-hydrogen) atoms. The zero-order chi connectivity index (χ0) is 13.1. The van der Waals surface area contributed by atoms with Crippen molar-refractivity contribution in [1.29, 1.82) is 0 Å². The highest BCUT2D eigenvalue weighted by molar-refractivity contribution is 9.10. The first-order valence-electron chi connectivity index (χ1n) is 5.54. The summed E-state index contributed by atoms with van der Waals surface area (Å²) in [4.78, 5) is 0. The van der Waals surface area contributed by atoms with Crippen molar-refractivity contribution in [3.05, 3.63) is 63.3 Å². The van der Waals surface area contributed by atoms with Crippen molar-refractivity contribution >= 4 is 33.2 Å². The number of anilines is 1. The highest BCUT2D eigenvalue weighted by atomic mass is 79.9. The van der Waals surface area contributed by atoms with Crippen LogP contribution in [0.5, 0.6) is 0 Å². The van der Waals surface area contributed by atoms with Crippen LogP contribution >= 0.6 is 27.5 Å². The highest BCUT2D eigenvalue weighted by Crippen LogP contribution is 2.27. The van der Waals surface area contributed by atoms with Crippen molar-refractivity contribution in [2.24, 2.45) is 0 Å². The van der Waals surface area contributed by atoms with Crippen LogP contribution in [0.4, 0.5) is 10.1 Å². The molecule has 1 atom stereocenters. The Kier molecular flexibility index (Phi) is 4.25. The van der Waals surface area contributed by atoms with Gasteiger partial charge in [-0.05, 0) is 52.7 Å². The molecular formula is C14H12BrClFN. The summed E-state index contributed by atoms with van der Waals surface area (Å²) in [5, 5.41) is 4.01. The average Bonchev–Trinajstić information content (AvgIpc) is 2.34. The van der Waals surface area contributed by atoms with Gasteiger partial charge in [0.2, 0.25) is 0 Å². The lowest BCUT2D eigenvalue weighted by molar-refractivity contribution is 0.621. The number of halogens is 3. The number of benzene rings is 2. The van der Waals surface area contributed by atoms with E-state index >= 15 is 0 Å². The molecule has 0 saturated heterocycles. The molecule has 94 valence electrons. The van der Waals surface area contributed by atoms with Crippen LogP contribution in [0.15, 0.2) is 46.9 Å². The molecule has 0 bridgehead atoms. The monoisotopic (exact) mass is 327 g/mol. The fourth-order valence-corrected chi connectivity index (χ4v) is 2.42. The van der Waals surface area contributed by atoms with E-state index in [0.29, 0.717) is 4.47 Å². The summed E-state index contributed by atoms with van der Waals surface area (Å²) in [7, 11) is 0. The summed E-state index contributed by atoms with van der Waals surface area (Å²) in [6.07, 6.45) is 0. The van der Waals surface area contributed by atoms with Crippen molar-refractivity contribution in [3.8, 4) is 0 Å². The van der Waals surface area contributed by atoms with E-state index in [1.54, 1.807) is 12.1 Å². The van der Waals surface area contributed by atoms with Gasteiger partial charge in [0, 0.05) is 16.8 Å². The first kappa shape index (κ1) is 13.4. The average molecular weight is 329 g/mol. The summed E-state index contributed by atoms with van der Waals surface area (Å²) >= 11 is 9.30. The third-order valence-corrected chi connectivity index (χ3v) is 3.63. The summed E-state index contributed by atoms with van der Waals surface area (Å²) in [6.45, 7) is 2.01. The molecule has 2 rings (SSSR count). The van der Waals surface area contributed by atoms with E-state index in [2.05, 4.69) is 21.2 Å². The topological polar surface area (TPSA) is 12.0 Å². The maximum absolute atomic E-state index is 13.1. The Morgan fingerprint density at radius 3 is 2.61 bits per heavy atom. The van der Waals surface area contributed by atoms with Gasteiger partial charge in [-0.1, -0.05) is 29.8 Å². The van der Waals surface area contributed by atoms with Gasteiger partial charge in [0.15, 0.2) is 0 Å². The molecule has 0 aliphatic carbocycles. The van der Waals surface area contributed by atoms with E-state index < -0.39 is 0 Å². The second-order valence-electron chi connectivity index (χ2n) is 4.02. The van der Waals surface area contributed by atoms with Gasteiger partial charge in [-0.25, -0.2) is 4.39 Å². The fraction of sp³-hybridized carbons (Fsp3) is 0.143. The van der Waals surface area contributed by atoms with Crippen LogP contribution in [0.25, 0.3) is 0 Å². The number of hydrogen-bond donors (Lipinski definition) is 1. The van der Waals surface area contributed by atoms with Gasteiger partial charge in [0.25, 0.3) is 0 Å². The van der Waals surface area contributed by atoms with Gasteiger partial charge in [-0.15, -0.1) is 0 Å². The van der Waals surface area contributed by atoms with E-state index in [1.807, 2.05) is 31.2 Å². The van der Waals surface area contributed by atoms with Crippen molar-refractivity contribution in [2.45, 2.75) is 13.0 Å². The number of hydrogen-bond acceptors (Lipinski definition) is 1. The van der Waals surface area contributed by atoms with Crippen molar-refractivity contribution in [1.82, 2.24) is 0 Å². The Bertz CT molecular complexity index is 559. The van der Waals surface area contributed by atoms with Crippen LogP contribution < -0.4 is 5.32 Å². The second kappa shape index (κ2) is 5.72. The smallest absolute Gasteiger partial charge is 0.137 e. The molecule has 2 aromatic carbocycles. The lowest BCUT2D eigenvalue weighted by Crippen LogP contribution is -2.07. The quantitative estimate of drug-likeness (QED) is 0.794. The summed E-state index contributed by atoms with van der Waals surface area (Å²) in [5.74, 6) is -0.272. The van der Waals surface area contributed by atoms with Gasteiger partial charge in [-0.3, -0.25) is 0 Å². The van der Waals surface area contributed by atoms with Crippen molar-refractivity contribution in [2.75, 3.05) is 5.32 Å². The van der Waals surface area contributed by atoms with Crippen LogP contribution in [0.1, 0.15) is 18.5 Å². The van der Waals surface area contributed by atoms with Gasteiger partial charge < -0.3 is 5.32 Å². The maximum Gasteiger partial charge on any atom is 0.137 e. The molecular weight excluding hydrogens is 317 g/mol. The van der Waals surface area contributed by atoms with Crippen molar-refractivity contribution in [3.63, 3.8) is 0 Å². The minimum absolute atomic E-state index is 0.0519. The highest BCUT2D eigenvalue weighted by Gasteiger charge is 2.09. The van der Waals surface area contributed by atoms with E-state index in [-0.39, 0.29) is 11.9 Å². The van der Waals surface area contributed by atoms with Crippen LogP contribution in [-0.2, 0) is 0 Å². The SMILES string of the molecule is CC(Nc1ccc(F)c(Br)c1)c1ccccc1Cl. The lowest BCUT2D eigenvalue weighted by atomic mass is 10.1. The largest absolute Gasteiger partial charge is 0.378 e. The van der Waals surface area contributed by atoms with Gasteiger partial charge >= 0.3 is 0 Å². The van der Waals surface area contributed by atoms with E-state index in [0.717, 1.165) is 16.3 Å². The predicted octanol–water partition coefficient (Wildman–Crippen LogP) is 5.41. The molecule has 1 unspecified atom stereocenters. The molecule has 0 radical (unpaired) electrons. The molecule has 1 N–H and O–H groups in total. The molecule has 2 aromatic rings. The van der Waals surface area contributed by atoms with E-state index in [4.69, 9.17) is 11.6 Å². The normalized spacial score (nSPS) is 12.2. The minimum atomic E-state index is -0.272. The first-order chi connectivity index (χ1) is 8.58. The molecule has 0 aromatic heterocycles. The molecule has 0 aliphatic heterocycles. The lowest BCUT2D eigenvalue weighted by Gasteiger charge is -2.17. The Morgan fingerprint density at radius 1 is 1.22 bits per heavy atom. The fourth-order valence-electron chi connectivity index (χ4n) is 1.74. The van der Waals surface area contributed by atoms with Gasteiger partial charge in [0.1, 0.15) is 5.82 Å². The number of nitrogens with one attached hydrogen (secondary N) is 1. The van der Waals surface area contributed by atoms with Crippen LogP contribution in [0.3, 0.4) is 0 Å². The molecule has 0 amide bonds. The third kappa shape index (κ3) is 3.03. The van der Waals surface area contributed by atoms with Crippen molar-refractivity contribution < 1.29 is 4.39 Å². The summed E-state index contributed by atoms with van der Waals surface area (Å²) in [6, 6.07) is 12.6. The van der Waals surface area contributed by atoms with E-state index in [9.17, 15) is 4.39 Å². The molecule has 0 aliphatic rings. The predicted molar refractivity (Wildman–Crippen MR) is 77.6 cm³/mol. The van der Waals surface area contributed by atoms with Gasteiger partial charge in [-0.2, -0.15) is 0 Å². The minimum Gasteiger partial charge on any atom is -0.378 e. The number of rotatable bonds is 3. The molecule has 0 saturated carbocycles. The molecule has 0 spiro atoms. The molecule has 0 heterocycles. The first-order valence-corrected chi connectivity index (χ1v) is 6.71.